The second kappa shape index (κ2) is 19.6. The van der Waals surface area contributed by atoms with Gasteiger partial charge in [0.1, 0.15) is 0 Å². The van der Waals surface area contributed by atoms with Gasteiger partial charge < -0.3 is 24.8 Å². The van der Waals surface area contributed by atoms with Gasteiger partial charge >= 0.3 is 99.8 Å². The first-order chi connectivity index (χ1) is 23.5. The monoisotopic (exact) mass is 780 g/mol. The van der Waals surface area contributed by atoms with Crippen molar-refractivity contribution in [1.29, 1.82) is 0 Å². The van der Waals surface area contributed by atoms with Crippen molar-refractivity contribution in [2.75, 3.05) is 0 Å². The van der Waals surface area contributed by atoms with Gasteiger partial charge in [-0.3, -0.25) is 0 Å². The summed E-state index contributed by atoms with van der Waals surface area (Å²) in [6.45, 7) is 4.36. The molecule has 8 aromatic rings. The molecule has 4 heteroatoms. The second-order valence-electron chi connectivity index (χ2n) is 12.3. The van der Waals surface area contributed by atoms with E-state index in [-0.39, 0.29) is 24.8 Å². The van der Waals surface area contributed by atoms with Crippen LogP contribution in [0.15, 0.2) is 182 Å². The molecular formula is C46H40Cl2SiZr-2. The molecule has 0 aliphatic heterocycles. The molecule has 0 fully saturated rings. The zero-order valence-corrected chi connectivity index (χ0v) is 33.5. The van der Waals surface area contributed by atoms with Gasteiger partial charge in [-0.1, -0.05) is 60.7 Å². The third kappa shape index (κ3) is 10.6. The molecule has 0 unspecified atom stereocenters. The zero-order valence-electron chi connectivity index (χ0n) is 28.5. The summed E-state index contributed by atoms with van der Waals surface area (Å²) < 4.78 is 0. The Labute approximate surface area is 325 Å². The molecule has 50 heavy (non-hydrogen) atoms. The summed E-state index contributed by atoms with van der Waals surface area (Å²) in [5, 5.41) is 8.41. The fourth-order valence-electron chi connectivity index (χ4n) is 6.07. The first kappa shape index (κ1) is 39.0. The molecular weight excluding hydrogens is 743 g/mol. The summed E-state index contributed by atoms with van der Waals surface area (Å²) in [4.78, 5) is 0. The van der Waals surface area contributed by atoms with Gasteiger partial charge in [0.15, 0.2) is 0 Å². The van der Waals surface area contributed by atoms with Crippen LogP contribution in [0.3, 0.4) is 0 Å². The van der Waals surface area contributed by atoms with Crippen LogP contribution in [0.4, 0.5) is 0 Å². The minimum atomic E-state index is -0.455. The van der Waals surface area contributed by atoms with Gasteiger partial charge in [-0.25, -0.2) is 0 Å². The number of hydrogen-bond donors (Lipinski definition) is 0. The normalized spacial score (nSPS) is 10.2. The summed E-state index contributed by atoms with van der Waals surface area (Å²) in [5.41, 5.74) is 7.94. The van der Waals surface area contributed by atoms with E-state index in [9.17, 15) is 0 Å². The van der Waals surface area contributed by atoms with Gasteiger partial charge in [-0.15, -0.1) is 81.2 Å². The molecule has 0 saturated carbocycles. The molecule has 0 aliphatic rings. The standard InChI is InChI=1S/2C17H15.C12H10Si.2ClH.Zr/c2*1-13-6-2-3-7-15(13)10-14-11-16-8-4-5-9-17(16)12-14;1-3-7-11(8-4-1)13-12-9-5-2-6-10-12;;;/h2*2-9,11-12H,10H2,1H3;1-10H;2*1H;/q2*-1;;;;+2/p-2. The van der Waals surface area contributed by atoms with Gasteiger partial charge in [-0.05, 0) is 48.9 Å². The van der Waals surface area contributed by atoms with E-state index in [0.717, 1.165) is 12.8 Å². The van der Waals surface area contributed by atoms with Crippen LogP contribution in [-0.4, -0.2) is 5.43 Å². The molecule has 0 heterocycles. The fourth-order valence-corrected chi connectivity index (χ4v) is 9.91. The predicted molar refractivity (Wildman–Crippen MR) is 205 cm³/mol. The molecule has 0 N–H and O–H groups in total. The van der Waals surface area contributed by atoms with Crippen LogP contribution in [0, 0.1) is 13.8 Å². The summed E-state index contributed by atoms with van der Waals surface area (Å²) in [5.74, 6) is 0. The van der Waals surface area contributed by atoms with Crippen LogP contribution in [-0.2, 0) is 36.2 Å². The Bertz CT molecular complexity index is 2010. The zero-order chi connectivity index (χ0) is 33.1. The molecule has 0 aliphatic carbocycles. The van der Waals surface area contributed by atoms with Crippen LogP contribution in [0.5, 0.6) is 0 Å². The van der Waals surface area contributed by atoms with Gasteiger partial charge in [0.25, 0.3) is 0 Å². The summed E-state index contributed by atoms with van der Waals surface area (Å²) in [7, 11) is 0. The summed E-state index contributed by atoms with van der Waals surface area (Å²) in [6, 6.07) is 65.2. The first-order valence-corrected chi connectivity index (χ1v) is 21.8. The Morgan fingerprint density at radius 2 is 0.780 bits per heavy atom. The number of fused-ring (bicyclic) bond motifs is 2. The number of halogens is 2. The summed E-state index contributed by atoms with van der Waals surface area (Å²) >= 11 is 1.64. The Balaban J connectivity index is 0.000000166. The quantitative estimate of drug-likeness (QED) is 0.175. The topological polar surface area (TPSA) is 0 Å². The van der Waals surface area contributed by atoms with Crippen molar-refractivity contribution < 1.29 is 48.1 Å². The molecule has 248 valence electrons. The van der Waals surface area contributed by atoms with E-state index in [4.69, 9.17) is 0 Å². The Morgan fingerprint density at radius 1 is 0.440 bits per heavy atom. The first-order valence-electron chi connectivity index (χ1n) is 16.6. The van der Waals surface area contributed by atoms with Crippen molar-refractivity contribution in [1.82, 2.24) is 0 Å². The Morgan fingerprint density at radius 3 is 1.16 bits per heavy atom. The van der Waals surface area contributed by atoms with E-state index in [1.165, 1.54) is 65.3 Å². The number of aryl methyl sites for hydroxylation is 2. The maximum absolute atomic E-state index is 2.29. The second-order valence-corrected chi connectivity index (χ2v) is 17.9. The molecule has 0 amide bonds. The van der Waals surface area contributed by atoms with Gasteiger partial charge in [0.05, 0.1) is 0 Å². The molecule has 8 aromatic carbocycles. The average Bonchev–Trinajstić information content (AvgIpc) is 3.74. The molecule has 0 saturated heterocycles. The summed E-state index contributed by atoms with van der Waals surface area (Å²) in [6.07, 6.45) is 2.06. The average molecular weight is 783 g/mol. The Hall–Kier alpha value is -3.78. The van der Waals surface area contributed by atoms with Crippen molar-refractivity contribution in [3.63, 3.8) is 0 Å². The van der Waals surface area contributed by atoms with Crippen LogP contribution in [0.2, 0.25) is 0 Å². The van der Waals surface area contributed by atoms with Crippen LogP contribution >= 0.6 is 0 Å². The van der Waals surface area contributed by atoms with Crippen molar-refractivity contribution in [2.24, 2.45) is 0 Å². The van der Waals surface area contributed by atoms with Crippen molar-refractivity contribution in [3.8, 4) is 0 Å². The van der Waals surface area contributed by atoms with E-state index in [2.05, 4.69) is 196 Å². The van der Waals surface area contributed by atoms with Gasteiger partial charge in [0.2, 0.25) is 0 Å². The number of hydrogen-bond acceptors (Lipinski definition) is 0. The number of benzene rings is 6. The molecule has 0 bridgehead atoms. The third-order valence-corrected chi connectivity index (χ3v) is 14.9. The van der Waals surface area contributed by atoms with E-state index in [0.29, 0.717) is 0 Å². The van der Waals surface area contributed by atoms with E-state index >= 15 is 0 Å². The molecule has 0 atom stereocenters. The predicted octanol–water partition coefficient (Wildman–Crippen LogP) is 4.26. The van der Waals surface area contributed by atoms with Crippen LogP contribution in [0.25, 0.3) is 21.5 Å². The van der Waals surface area contributed by atoms with Gasteiger partial charge in [0, 0.05) is 0 Å². The maximum atomic E-state index is 2.29. The third-order valence-electron chi connectivity index (χ3n) is 8.79. The van der Waals surface area contributed by atoms with Crippen molar-refractivity contribution >= 4 is 37.4 Å². The molecule has 8 rings (SSSR count). The van der Waals surface area contributed by atoms with Crippen molar-refractivity contribution in [3.05, 3.63) is 215 Å². The molecule has 0 radical (unpaired) electrons. The minimum absolute atomic E-state index is 0. The molecule has 0 spiro atoms. The number of rotatable bonds is 6. The SMILES string of the molecule is Cc1ccccc1Cc1cc2ccccc2[cH-]1.Cc1ccccc1Cc1cc2ccccc2[cH-]1.[Cl-].[Cl-].[Zr+2]=[Si](c1ccccc1)c1ccccc1. The Kier molecular flexibility index (Phi) is 15.3. The van der Waals surface area contributed by atoms with Crippen LogP contribution in [0.1, 0.15) is 33.4 Å². The van der Waals surface area contributed by atoms with Crippen LogP contribution < -0.4 is 35.2 Å². The van der Waals surface area contributed by atoms with E-state index in [1.807, 2.05) is 0 Å². The van der Waals surface area contributed by atoms with E-state index in [1.54, 1.807) is 23.3 Å². The van der Waals surface area contributed by atoms with Gasteiger partial charge in [-0.2, -0.15) is 12.1 Å². The molecule has 0 aromatic heterocycles. The van der Waals surface area contributed by atoms with E-state index < -0.39 is 5.43 Å². The molecule has 0 nitrogen and oxygen atoms in total. The fraction of sp³-hybridized carbons (Fsp3) is 0.0870. The van der Waals surface area contributed by atoms with Crippen molar-refractivity contribution in [2.45, 2.75) is 26.7 Å².